The fraction of sp³-hybridized carbons (Fsp3) is 0.0909. The largest absolute Gasteiger partial charge is 0.322 e. The van der Waals surface area contributed by atoms with Crippen LogP contribution in [0, 0.1) is 0 Å². The maximum atomic E-state index is 12.3. The van der Waals surface area contributed by atoms with Gasteiger partial charge in [0.25, 0.3) is 5.91 Å². The van der Waals surface area contributed by atoms with Crippen molar-refractivity contribution in [3.05, 3.63) is 90.3 Å². The predicted molar refractivity (Wildman–Crippen MR) is 115 cm³/mol. The zero-order chi connectivity index (χ0) is 20.1. The summed E-state index contributed by atoms with van der Waals surface area (Å²) in [4.78, 5) is 16.4. The van der Waals surface area contributed by atoms with E-state index in [9.17, 15) is 4.79 Å². The number of anilines is 1. The third-order valence-corrected chi connectivity index (χ3v) is 5.48. The Morgan fingerprint density at radius 1 is 0.966 bits per heavy atom. The van der Waals surface area contributed by atoms with Crippen molar-refractivity contribution in [2.45, 2.75) is 10.9 Å². The molecule has 0 aliphatic carbocycles. The number of nitrogens with zero attached hydrogens (tertiary/aromatic N) is 4. The number of aromatic nitrogens is 4. The summed E-state index contributed by atoms with van der Waals surface area (Å²) >= 11 is 1.61. The Balaban J connectivity index is 1.39. The molecule has 0 saturated carbocycles. The fourth-order valence-electron chi connectivity index (χ4n) is 2.82. The number of para-hydroxylation sites is 1. The molecular weight excluding hydrogens is 382 g/mol. The monoisotopic (exact) mass is 401 g/mol. The maximum absolute atomic E-state index is 12.3. The van der Waals surface area contributed by atoms with Crippen molar-refractivity contribution in [3.8, 4) is 11.4 Å². The number of rotatable bonds is 6. The Labute approximate surface area is 173 Å². The first-order valence-electron chi connectivity index (χ1n) is 9.08. The van der Waals surface area contributed by atoms with Crippen molar-refractivity contribution in [2.24, 2.45) is 7.05 Å². The van der Waals surface area contributed by atoms with E-state index in [1.54, 1.807) is 24.2 Å². The zero-order valence-electron chi connectivity index (χ0n) is 15.8. The Morgan fingerprint density at radius 3 is 2.41 bits per heavy atom. The second-order valence-electron chi connectivity index (χ2n) is 6.41. The molecule has 0 unspecified atom stereocenters. The van der Waals surface area contributed by atoms with Gasteiger partial charge in [-0.3, -0.25) is 9.78 Å². The lowest BCUT2D eigenvalue weighted by Crippen LogP contribution is -2.11. The van der Waals surface area contributed by atoms with Crippen LogP contribution < -0.4 is 5.32 Å². The first-order chi connectivity index (χ1) is 14.2. The summed E-state index contributed by atoms with van der Waals surface area (Å²) < 4.78 is 1.97. The number of thioether (sulfide) groups is 1. The predicted octanol–water partition coefficient (Wildman–Crippen LogP) is 4.42. The number of nitrogens with one attached hydrogen (secondary N) is 1. The van der Waals surface area contributed by atoms with Crippen LogP contribution in [0.25, 0.3) is 11.4 Å². The lowest BCUT2D eigenvalue weighted by Gasteiger charge is -2.07. The summed E-state index contributed by atoms with van der Waals surface area (Å²) in [6, 6.07) is 20.9. The smallest absolute Gasteiger partial charge is 0.255 e. The molecule has 0 bridgehead atoms. The van der Waals surface area contributed by atoms with Crippen molar-refractivity contribution in [2.75, 3.05) is 5.32 Å². The van der Waals surface area contributed by atoms with Gasteiger partial charge in [0.15, 0.2) is 11.0 Å². The minimum Gasteiger partial charge on any atom is -0.322 e. The van der Waals surface area contributed by atoms with Gasteiger partial charge in [0.1, 0.15) is 0 Å². The van der Waals surface area contributed by atoms with E-state index in [2.05, 4.69) is 20.5 Å². The summed E-state index contributed by atoms with van der Waals surface area (Å²) in [5.74, 6) is 1.43. The molecule has 0 fully saturated rings. The molecule has 2 aromatic heterocycles. The molecule has 0 spiro atoms. The summed E-state index contributed by atoms with van der Waals surface area (Å²) in [5.41, 5.74) is 3.50. The highest BCUT2D eigenvalue weighted by atomic mass is 32.2. The van der Waals surface area contributed by atoms with Crippen LogP contribution in [0.3, 0.4) is 0 Å². The number of carbonyl (C=O) groups is 1. The molecule has 29 heavy (non-hydrogen) atoms. The van der Waals surface area contributed by atoms with Crippen LogP contribution in [0.2, 0.25) is 0 Å². The number of amides is 1. The van der Waals surface area contributed by atoms with Crippen LogP contribution in [0.15, 0.2) is 84.3 Å². The molecule has 2 aromatic carbocycles. The van der Waals surface area contributed by atoms with Gasteiger partial charge in [0.2, 0.25) is 0 Å². The first kappa shape index (κ1) is 18.9. The molecule has 144 valence electrons. The SMILES string of the molecule is Cn1c(SCc2ccc(C(=O)Nc3ccccc3)cc2)nnc1-c1ccncc1. The quantitative estimate of drug-likeness (QED) is 0.484. The van der Waals surface area contributed by atoms with E-state index < -0.39 is 0 Å². The van der Waals surface area contributed by atoms with Gasteiger partial charge in [-0.2, -0.15) is 0 Å². The van der Waals surface area contributed by atoms with Crippen LogP contribution in [-0.2, 0) is 12.8 Å². The van der Waals surface area contributed by atoms with Crippen molar-refractivity contribution in [1.82, 2.24) is 19.7 Å². The van der Waals surface area contributed by atoms with Gasteiger partial charge in [-0.1, -0.05) is 42.1 Å². The van der Waals surface area contributed by atoms with Gasteiger partial charge in [-0.05, 0) is 42.0 Å². The van der Waals surface area contributed by atoms with Crippen LogP contribution in [0.1, 0.15) is 15.9 Å². The molecule has 6 nitrogen and oxygen atoms in total. The molecule has 2 heterocycles. The average Bonchev–Trinajstić information content (AvgIpc) is 3.14. The van der Waals surface area contributed by atoms with E-state index in [0.717, 1.165) is 33.5 Å². The van der Waals surface area contributed by atoms with Gasteiger partial charge in [-0.25, -0.2) is 0 Å². The summed E-state index contributed by atoms with van der Waals surface area (Å²) in [7, 11) is 1.95. The van der Waals surface area contributed by atoms with Crippen molar-refractivity contribution < 1.29 is 4.79 Å². The highest BCUT2D eigenvalue weighted by Gasteiger charge is 2.11. The fourth-order valence-corrected chi connectivity index (χ4v) is 3.68. The van der Waals surface area contributed by atoms with Crippen LogP contribution in [0.4, 0.5) is 5.69 Å². The van der Waals surface area contributed by atoms with Crippen molar-refractivity contribution in [1.29, 1.82) is 0 Å². The standard InChI is InChI=1S/C22H19N5OS/c1-27-20(17-11-13-23-14-12-17)25-26-22(27)29-15-16-7-9-18(10-8-16)21(28)24-19-5-3-2-4-6-19/h2-14H,15H2,1H3,(H,24,28). The molecule has 0 aliphatic rings. The Kier molecular flexibility index (Phi) is 5.67. The van der Waals surface area contributed by atoms with Gasteiger partial charge >= 0.3 is 0 Å². The van der Waals surface area contributed by atoms with Crippen LogP contribution in [-0.4, -0.2) is 25.7 Å². The highest BCUT2D eigenvalue weighted by Crippen LogP contribution is 2.25. The number of benzene rings is 2. The maximum Gasteiger partial charge on any atom is 0.255 e. The summed E-state index contributed by atoms with van der Waals surface area (Å²) in [6.45, 7) is 0. The molecule has 7 heteroatoms. The third-order valence-electron chi connectivity index (χ3n) is 4.39. The zero-order valence-corrected chi connectivity index (χ0v) is 16.6. The normalized spacial score (nSPS) is 10.7. The van der Waals surface area contributed by atoms with Gasteiger partial charge in [-0.15, -0.1) is 10.2 Å². The number of hydrogen-bond donors (Lipinski definition) is 1. The molecule has 1 amide bonds. The van der Waals surface area contributed by atoms with E-state index in [0.29, 0.717) is 5.56 Å². The van der Waals surface area contributed by atoms with E-state index in [4.69, 9.17) is 0 Å². The minimum absolute atomic E-state index is 0.120. The lowest BCUT2D eigenvalue weighted by molar-refractivity contribution is 0.102. The third kappa shape index (κ3) is 4.52. The van der Waals surface area contributed by atoms with E-state index in [-0.39, 0.29) is 5.91 Å². The van der Waals surface area contributed by atoms with Gasteiger partial charge in [0, 0.05) is 42.0 Å². The second kappa shape index (κ2) is 8.70. The Morgan fingerprint density at radius 2 is 1.69 bits per heavy atom. The molecule has 0 saturated heterocycles. The minimum atomic E-state index is -0.120. The van der Waals surface area contributed by atoms with Crippen molar-refractivity contribution in [3.63, 3.8) is 0 Å². The van der Waals surface area contributed by atoms with Crippen LogP contribution >= 0.6 is 11.8 Å². The number of carbonyl (C=O) groups excluding carboxylic acids is 1. The molecule has 0 aliphatic heterocycles. The first-order valence-corrected chi connectivity index (χ1v) is 10.1. The highest BCUT2D eigenvalue weighted by molar-refractivity contribution is 7.98. The number of hydrogen-bond acceptors (Lipinski definition) is 5. The van der Waals surface area contributed by atoms with Gasteiger partial charge in [0.05, 0.1) is 0 Å². The average molecular weight is 401 g/mol. The second-order valence-corrected chi connectivity index (χ2v) is 7.35. The molecule has 1 N–H and O–H groups in total. The van der Waals surface area contributed by atoms with Crippen molar-refractivity contribution >= 4 is 23.4 Å². The molecule has 0 atom stereocenters. The molecule has 4 aromatic rings. The molecular formula is C22H19N5OS. The van der Waals surface area contributed by atoms with Gasteiger partial charge < -0.3 is 9.88 Å². The Hall–Kier alpha value is -3.45. The summed E-state index contributed by atoms with van der Waals surface area (Å²) in [5, 5.41) is 12.3. The van der Waals surface area contributed by atoms with Crippen LogP contribution in [0.5, 0.6) is 0 Å². The summed E-state index contributed by atoms with van der Waals surface area (Å²) in [6.07, 6.45) is 3.48. The van der Waals surface area contributed by atoms with E-state index in [1.807, 2.05) is 78.3 Å². The molecule has 4 rings (SSSR count). The Bertz CT molecular complexity index is 1100. The number of pyridine rings is 1. The van der Waals surface area contributed by atoms with E-state index in [1.165, 1.54) is 0 Å². The van der Waals surface area contributed by atoms with E-state index >= 15 is 0 Å². The molecule has 0 radical (unpaired) electrons. The topological polar surface area (TPSA) is 72.7 Å². The lowest BCUT2D eigenvalue weighted by atomic mass is 10.1.